The number of pyridine rings is 1. The van der Waals surface area contributed by atoms with Crippen molar-refractivity contribution >= 4 is 16.6 Å². The molecular formula is C17H23N3. The van der Waals surface area contributed by atoms with Crippen molar-refractivity contribution in [3.63, 3.8) is 0 Å². The Morgan fingerprint density at radius 2 is 1.95 bits per heavy atom. The van der Waals surface area contributed by atoms with Crippen LogP contribution in [0.15, 0.2) is 30.3 Å². The van der Waals surface area contributed by atoms with Crippen molar-refractivity contribution in [1.29, 1.82) is 0 Å². The molecule has 1 fully saturated rings. The monoisotopic (exact) mass is 269 g/mol. The van der Waals surface area contributed by atoms with E-state index in [1.165, 1.54) is 43.2 Å². The Balaban J connectivity index is 2.01. The van der Waals surface area contributed by atoms with Gasteiger partial charge in [-0.3, -0.25) is 4.98 Å². The number of hydrogen-bond donors (Lipinski definition) is 2. The van der Waals surface area contributed by atoms with Crippen molar-refractivity contribution in [2.75, 3.05) is 11.9 Å². The zero-order valence-corrected chi connectivity index (χ0v) is 12.2. The molecule has 0 unspecified atom stereocenters. The van der Waals surface area contributed by atoms with Gasteiger partial charge in [-0.05, 0) is 31.9 Å². The summed E-state index contributed by atoms with van der Waals surface area (Å²) in [6, 6.07) is 10.5. The van der Waals surface area contributed by atoms with Crippen LogP contribution in [-0.2, 0) is 0 Å². The molecule has 0 bridgehead atoms. The van der Waals surface area contributed by atoms with Gasteiger partial charge in [0.2, 0.25) is 0 Å². The number of anilines is 1. The lowest BCUT2D eigenvalue weighted by molar-refractivity contribution is 0.331. The summed E-state index contributed by atoms with van der Waals surface area (Å²) in [5.41, 5.74) is 9.44. The fourth-order valence-corrected chi connectivity index (χ4v) is 3.31. The number of benzene rings is 1. The third-order valence-electron chi connectivity index (χ3n) is 4.45. The fourth-order valence-electron chi connectivity index (χ4n) is 3.31. The highest BCUT2D eigenvalue weighted by Crippen LogP contribution is 2.33. The number of aromatic nitrogens is 1. The topological polar surface area (TPSA) is 50.9 Å². The van der Waals surface area contributed by atoms with Gasteiger partial charge < -0.3 is 11.1 Å². The summed E-state index contributed by atoms with van der Waals surface area (Å²) in [6.45, 7) is 2.75. The van der Waals surface area contributed by atoms with Crippen LogP contribution >= 0.6 is 0 Å². The molecule has 2 aromatic rings. The van der Waals surface area contributed by atoms with Gasteiger partial charge in [0.1, 0.15) is 0 Å². The quantitative estimate of drug-likeness (QED) is 0.894. The van der Waals surface area contributed by atoms with Crippen molar-refractivity contribution in [2.24, 2.45) is 5.73 Å². The van der Waals surface area contributed by atoms with Crippen LogP contribution in [0.25, 0.3) is 10.9 Å². The van der Waals surface area contributed by atoms with Gasteiger partial charge in [-0.1, -0.05) is 37.5 Å². The highest BCUT2D eigenvalue weighted by Gasteiger charge is 2.30. The van der Waals surface area contributed by atoms with E-state index in [2.05, 4.69) is 34.6 Å². The Morgan fingerprint density at radius 3 is 2.70 bits per heavy atom. The highest BCUT2D eigenvalue weighted by molar-refractivity contribution is 5.91. The van der Waals surface area contributed by atoms with Crippen LogP contribution in [0.2, 0.25) is 0 Å². The van der Waals surface area contributed by atoms with Crippen molar-refractivity contribution in [3.05, 3.63) is 36.0 Å². The third kappa shape index (κ3) is 2.50. The number of rotatable bonds is 3. The first-order valence-corrected chi connectivity index (χ1v) is 7.57. The second kappa shape index (κ2) is 5.41. The molecule has 1 aromatic carbocycles. The maximum atomic E-state index is 6.09. The number of nitrogens with one attached hydrogen (secondary N) is 1. The van der Waals surface area contributed by atoms with E-state index < -0.39 is 0 Å². The van der Waals surface area contributed by atoms with Crippen LogP contribution in [-0.4, -0.2) is 17.1 Å². The summed E-state index contributed by atoms with van der Waals surface area (Å²) in [5.74, 6) is 0. The van der Waals surface area contributed by atoms with Gasteiger partial charge in [0.25, 0.3) is 0 Å². The molecule has 1 heterocycles. The minimum Gasteiger partial charge on any atom is -0.378 e. The number of fused-ring (bicyclic) bond motifs is 1. The lowest BCUT2D eigenvalue weighted by Gasteiger charge is -2.38. The predicted octanol–water partition coefficient (Wildman–Crippen LogP) is 3.62. The smallest absolute Gasteiger partial charge is 0.0725 e. The molecular weight excluding hydrogens is 246 g/mol. The first kappa shape index (κ1) is 13.4. The van der Waals surface area contributed by atoms with E-state index in [1.807, 2.05) is 13.0 Å². The number of nitrogens with zero attached hydrogens (tertiary/aromatic N) is 1. The molecule has 1 aliphatic carbocycles. The Hall–Kier alpha value is -1.61. The summed E-state index contributed by atoms with van der Waals surface area (Å²) in [4.78, 5) is 4.61. The summed E-state index contributed by atoms with van der Waals surface area (Å²) >= 11 is 0. The van der Waals surface area contributed by atoms with E-state index in [-0.39, 0.29) is 5.54 Å². The lowest BCUT2D eigenvalue weighted by atomic mass is 9.81. The molecule has 1 saturated carbocycles. The molecule has 0 aliphatic heterocycles. The standard InChI is InChI=1S/C17H23N3/c1-13-11-16(14-7-3-4-8-15(14)19-13)20-17(12-18)9-5-2-6-10-17/h3-4,7-8,11H,2,5-6,9-10,12,18H2,1H3,(H,19,20). The van der Waals surface area contributed by atoms with E-state index in [1.54, 1.807) is 0 Å². The molecule has 0 radical (unpaired) electrons. The third-order valence-corrected chi connectivity index (χ3v) is 4.45. The second-order valence-corrected chi connectivity index (χ2v) is 6.00. The van der Waals surface area contributed by atoms with E-state index in [0.717, 1.165) is 11.2 Å². The molecule has 1 aliphatic rings. The average molecular weight is 269 g/mol. The van der Waals surface area contributed by atoms with Crippen molar-refractivity contribution in [3.8, 4) is 0 Å². The van der Waals surface area contributed by atoms with Crippen molar-refractivity contribution in [1.82, 2.24) is 4.98 Å². The molecule has 0 spiro atoms. The number of hydrogen-bond acceptors (Lipinski definition) is 3. The first-order chi connectivity index (χ1) is 9.72. The predicted molar refractivity (Wildman–Crippen MR) is 85.0 cm³/mol. The molecule has 106 valence electrons. The molecule has 1 aromatic heterocycles. The Kier molecular flexibility index (Phi) is 3.62. The average Bonchev–Trinajstić information content (AvgIpc) is 2.48. The van der Waals surface area contributed by atoms with Crippen LogP contribution in [0, 0.1) is 6.92 Å². The van der Waals surface area contributed by atoms with E-state index in [0.29, 0.717) is 6.54 Å². The second-order valence-electron chi connectivity index (χ2n) is 6.00. The molecule has 0 saturated heterocycles. The van der Waals surface area contributed by atoms with Gasteiger partial charge in [-0.15, -0.1) is 0 Å². The van der Waals surface area contributed by atoms with Crippen molar-refractivity contribution < 1.29 is 0 Å². The minimum atomic E-state index is 0.0643. The Bertz CT molecular complexity index is 600. The van der Waals surface area contributed by atoms with Crippen LogP contribution < -0.4 is 11.1 Å². The van der Waals surface area contributed by atoms with Gasteiger partial charge in [-0.25, -0.2) is 0 Å². The molecule has 3 N–H and O–H groups in total. The molecule has 3 heteroatoms. The van der Waals surface area contributed by atoms with Crippen LogP contribution in [0.5, 0.6) is 0 Å². The number of para-hydroxylation sites is 1. The van der Waals surface area contributed by atoms with Gasteiger partial charge in [0.15, 0.2) is 0 Å². The zero-order chi connectivity index (χ0) is 14.0. The van der Waals surface area contributed by atoms with Crippen LogP contribution in [0.1, 0.15) is 37.8 Å². The SMILES string of the molecule is Cc1cc(NC2(CN)CCCCC2)c2ccccc2n1. The molecule has 3 nitrogen and oxygen atoms in total. The molecule has 20 heavy (non-hydrogen) atoms. The zero-order valence-electron chi connectivity index (χ0n) is 12.2. The lowest BCUT2D eigenvalue weighted by Crippen LogP contribution is -2.47. The fraction of sp³-hybridized carbons (Fsp3) is 0.471. The maximum Gasteiger partial charge on any atom is 0.0725 e. The Labute approximate surface area is 120 Å². The van der Waals surface area contributed by atoms with E-state index in [4.69, 9.17) is 5.73 Å². The van der Waals surface area contributed by atoms with Crippen molar-refractivity contribution in [2.45, 2.75) is 44.6 Å². The molecule has 3 rings (SSSR count). The highest BCUT2D eigenvalue weighted by atomic mass is 15.0. The van der Waals surface area contributed by atoms with Crippen LogP contribution in [0.4, 0.5) is 5.69 Å². The molecule has 0 amide bonds. The van der Waals surface area contributed by atoms with Gasteiger partial charge in [0.05, 0.1) is 5.52 Å². The minimum absolute atomic E-state index is 0.0643. The van der Waals surface area contributed by atoms with Gasteiger partial charge in [0, 0.05) is 28.9 Å². The number of nitrogens with two attached hydrogens (primary N) is 1. The summed E-state index contributed by atoms with van der Waals surface area (Å²) in [7, 11) is 0. The first-order valence-electron chi connectivity index (χ1n) is 7.57. The largest absolute Gasteiger partial charge is 0.378 e. The van der Waals surface area contributed by atoms with Gasteiger partial charge in [-0.2, -0.15) is 0 Å². The summed E-state index contributed by atoms with van der Waals surface area (Å²) < 4.78 is 0. The van der Waals surface area contributed by atoms with E-state index >= 15 is 0 Å². The van der Waals surface area contributed by atoms with Crippen LogP contribution in [0.3, 0.4) is 0 Å². The summed E-state index contributed by atoms with van der Waals surface area (Å²) in [5, 5.41) is 4.95. The maximum absolute atomic E-state index is 6.09. The van der Waals surface area contributed by atoms with E-state index in [9.17, 15) is 0 Å². The summed E-state index contributed by atoms with van der Waals surface area (Å²) in [6.07, 6.45) is 6.20. The number of aryl methyl sites for hydroxylation is 1. The molecule has 0 atom stereocenters. The normalized spacial score (nSPS) is 18.1. The van der Waals surface area contributed by atoms with Gasteiger partial charge >= 0.3 is 0 Å². The Morgan fingerprint density at radius 1 is 1.20 bits per heavy atom.